The van der Waals surface area contributed by atoms with Gasteiger partial charge in [0.05, 0.1) is 17.5 Å². The van der Waals surface area contributed by atoms with Crippen molar-refractivity contribution in [2.45, 2.75) is 51.6 Å². The van der Waals surface area contributed by atoms with E-state index in [9.17, 15) is 8.42 Å². The lowest BCUT2D eigenvalue weighted by molar-refractivity contribution is 0.550. The molecule has 1 aliphatic heterocycles. The number of hydrogen-bond acceptors (Lipinski definition) is 3. The fourth-order valence-electron chi connectivity index (χ4n) is 3.93. The third-order valence-electron chi connectivity index (χ3n) is 5.52. The van der Waals surface area contributed by atoms with Gasteiger partial charge in [0.15, 0.2) is 15.8 Å². The molecule has 1 aromatic carbocycles. The Labute approximate surface area is 157 Å². The van der Waals surface area contributed by atoms with Crippen LogP contribution in [0.5, 0.6) is 0 Å². The lowest BCUT2D eigenvalue weighted by Crippen LogP contribution is -2.43. The second kappa shape index (κ2) is 8.42. The van der Waals surface area contributed by atoms with Crippen LogP contribution in [0.3, 0.4) is 0 Å². The van der Waals surface area contributed by atoms with E-state index in [2.05, 4.69) is 36.6 Å². The van der Waals surface area contributed by atoms with Crippen LogP contribution in [-0.4, -0.2) is 38.5 Å². The average molecular weight is 378 g/mol. The molecule has 1 saturated heterocycles. The van der Waals surface area contributed by atoms with Gasteiger partial charge in [-0.1, -0.05) is 37.3 Å². The molecule has 4 atom stereocenters. The minimum atomic E-state index is -2.85. The van der Waals surface area contributed by atoms with Crippen LogP contribution in [0, 0.1) is 11.8 Å². The fraction of sp³-hybridized carbons (Fsp3) is 0.650. The van der Waals surface area contributed by atoms with Crippen molar-refractivity contribution < 1.29 is 8.42 Å². The van der Waals surface area contributed by atoms with Gasteiger partial charge in [0.25, 0.3) is 0 Å². The Morgan fingerprint density at radius 1 is 1.23 bits per heavy atom. The predicted octanol–water partition coefficient (Wildman–Crippen LogP) is 2.91. The summed E-state index contributed by atoms with van der Waals surface area (Å²) in [7, 11) is -2.85. The van der Waals surface area contributed by atoms with E-state index >= 15 is 0 Å². The van der Waals surface area contributed by atoms with Crippen LogP contribution in [-0.2, 0) is 9.84 Å². The van der Waals surface area contributed by atoms with Crippen LogP contribution in [0.4, 0.5) is 0 Å². The van der Waals surface area contributed by atoms with E-state index in [1.807, 2.05) is 18.2 Å². The summed E-state index contributed by atoms with van der Waals surface area (Å²) in [5.41, 5.74) is 1.21. The van der Waals surface area contributed by atoms with E-state index in [1.54, 1.807) is 0 Å². The zero-order valence-electron chi connectivity index (χ0n) is 15.8. The van der Waals surface area contributed by atoms with Gasteiger partial charge >= 0.3 is 0 Å². The molecular weight excluding hydrogens is 346 g/mol. The first-order chi connectivity index (χ1) is 12.4. The Hall–Kier alpha value is -1.56. The quantitative estimate of drug-likeness (QED) is 0.611. The molecule has 0 radical (unpaired) electrons. The van der Waals surface area contributed by atoms with Crippen LogP contribution >= 0.6 is 0 Å². The molecule has 4 unspecified atom stereocenters. The molecule has 5 nitrogen and oxygen atoms in total. The maximum Gasteiger partial charge on any atom is 0.191 e. The van der Waals surface area contributed by atoms with E-state index in [4.69, 9.17) is 4.99 Å². The summed E-state index contributed by atoms with van der Waals surface area (Å²) >= 11 is 0. The zero-order chi connectivity index (χ0) is 18.6. The van der Waals surface area contributed by atoms with Crippen LogP contribution in [0.2, 0.25) is 0 Å². The predicted molar refractivity (Wildman–Crippen MR) is 107 cm³/mol. The molecule has 0 bridgehead atoms. The first-order valence-electron chi connectivity index (χ1n) is 9.74. The molecule has 1 aromatic rings. The summed E-state index contributed by atoms with van der Waals surface area (Å²) in [6.45, 7) is 4.99. The molecule has 0 amide bonds. The highest BCUT2D eigenvalue weighted by Crippen LogP contribution is 2.25. The number of benzene rings is 1. The van der Waals surface area contributed by atoms with Gasteiger partial charge < -0.3 is 10.6 Å². The minimum Gasteiger partial charge on any atom is -0.354 e. The number of hydrogen-bond donors (Lipinski definition) is 2. The second-order valence-electron chi connectivity index (χ2n) is 7.99. The van der Waals surface area contributed by atoms with Gasteiger partial charge in [-0.3, -0.25) is 4.99 Å². The molecule has 0 aromatic heterocycles. The molecule has 26 heavy (non-hydrogen) atoms. The highest BCUT2D eigenvalue weighted by Gasteiger charge is 2.28. The Kier molecular flexibility index (Phi) is 6.22. The van der Waals surface area contributed by atoms with Gasteiger partial charge in [-0.15, -0.1) is 0 Å². The Morgan fingerprint density at radius 2 is 2.00 bits per heavy atom. The van der Waals surface area contributed by atoms with E-state index in [0.717, 1.165) is 24.7 Å². The third-order valence-corrected chi connectivity index (χ3v) is 7.36. The monoisotopic (exact) mass is 377 g/mol. The number of rotatable bonds is 5. The van der Waals surface area contributed by atoms with Crippen molar-refractivity contribution >= 4 is 15.8 Å². The topological polar surface area (TPSA) is 70.6 Å². The van der Waals surface area contributed by atoms with Crippen molar-refractivity contribution in [3.8, 4) is 0 Å². The standard InChI is InChI=1S/C20H31N3O2S/c1-15-8-9-19(12-15)23-20(21-13-17-10-11-26(24,25)14-17)22-16(2)18-6-4-3-5-7-18/h3-7,15-17,19H,8-14H2,1-2H3,(H2,21,22,23). The summed E-state index contributed by atoms with van der Waals surface area (Å²) in [6, 6.07) is 10.9. The number of sulfone groups is 1. The highest BCUT2D eigenvalue weighted by molar-refractivity contribution is 7.91. The van der Waals surface area contributed by atoms with Gasteiger partial charge in [0.1, 0.15) is 0 Å². The Bertz CT molecular complexity index is 718. The SMILES string of the molecule is CC1CCC(NC(=NCC2CCS(=O)(=O)C2)NC(C)c2ccccc2)C1. The molecule has 6 heteroatoms. The molecule has 2 aliphatic rings. The van der Waals surface area contributed by atoms with Crippen LogP contribution < -0.4 is 10.6 Å². The Morgan fingerprint density at radius 3 is 2.62 bits per heavy atom. The average Bonchev–Trinajstić information content (AvgIpc) is 3.18. The van der Waals surface area contributed by atoms with Gasteiger partial charge in [-0.05, 0) is 50.0 Å². The Balaban J connectivity index is 1.65. The van der Waals surface area contributed by atoms with E-state index in [-0.39, 0.29) is 17.7 Å². The highest BCUT2D eigenvalue weighted by atomic mass is 32.2. The van der Waals surface area contributed by atoms with Gasteiger partial charge in [-0.25, -0.2) is 8.42 Å². The number of nitrogens with zero attached hydrogens (tertiary/aromatic N) is 1. The van der Waals surface area contributed by atoms with Crippen molar-refractivity contribution in [3.63, 3.8) is 0 Å². The molecular formula is C20H31N3O2S. The summed E-state index contributed by atoms with van der Waals surface area (Å²) < 4.78 is 23.4. The zero-order valence-corrected chi connectivity index (χ0v) is 16.6. The van der Waals surface area contributed by atoms with Crippen molar-refractivity contribution in [2.75, 3.05) is 18.1 Å². The van der Waals surface area contributed by atoms with Crippen molar-refractivity contribution in [1.29, 1.82) is 0 Å². The number of aliphatic imine (C=N–C) groups is 1. The minimum absolute atomic E-state index is 0.146. The fourth-order valence-corrected chi connectivity index (χ4v) is 5.78. The van der Waals surface area contributed by atoms with Gasteiger partial charge in [0.2, 0.25) is 0 Å². The van der Waals surface area contributed by atoms with Gasteiger partial charge in [-0.2, -0.15) is 0 Å². The van der Waals surface area contributed by atoms with Gasteiger partial charge in [0, 0.05) is 12.6 Å². The normalized spacial score (nSPS) is 29.5. The molecule has 1 aliphatic carbocycles. The van der Waals surface area contributed by atoms with Crippen LogP contribution in [0.15, 0.2) is 35.3 Å². The molecule has 1 saturated carbocycles. The second-order valence-corrected chi connectivity index (χ2v) is 10.2. The van der Waals surface area contributed by atoms with E-state index < -0.39 is 9.84 Å². The number of guanidine groups is 1. The lowest BCUT2D eigenvalue weighted by Gasteiger charge is -2.22. The van der Waals surface area contributed by atoms with Crippen LogP contribution in [0.25, 0.3) is 0 Å². The van der Waals surface area contributed by atoms with Crippen molar-refractivity contribution in [2.24, 2.45) is 16.8 Å². The maximum atomic E-state index is 11.7. The largest absolute Gasteiger partial charge is 0.354 e. The van der Waals surface area contributed by atoms with E-state index in [0.29, 0.717) is 18.3 Å². The maximum absolute atomic E-state index is 11.7. The number of nitrogens with one attached hydrogen (secondary N) is 2. The summed E-state index contributed by atoms with van der Waals surface area (Å²) in [5.74, 6) is 2.29. The first-order valence-corrected chi connectivity index (χ1v) is 11.6. The first kappa shape index (κ1) is 19.2. The van der Waals surface area contributed by atoms with Crippen molar-refractivity contribution in [3.05, 3.63) is 35.9 Å². The molecule has 2 fully saturated rings. The molecule has 2 N–H and O–H groups in total. The lowest BCUT2D eigenvalue weighted by atomic mass is 10.1. The molecule has 3 rings (SSSR count). The molecule has 0 spiro atoms. The van der Waals surface area contributed by atoms with E-state index in [1.165, 1.54) is 18.4 Å². The summed E-state index contributed by atoms with van der Waals surface area (Å²) in [6.07, 6.45) is 4.31. The third kappa shape index (κ3) is 5.47. The smallest absolute Gasteiger partial charge is 0.191 e. The van der Waals surface area contributed by atoms with Crippen LogP contribution in [0.1, 0.15) is 51.1 Å². The molecule has 144 valence electrons. The summed E-state index contributed by atoms with van der Waals surface area (Å²) in [4.78, 5) is 4.76. The summed E-state index contributed by atoms with van der Waals surface area (Å²) in [5, 5.41) is 7.09. The molecule has 1 heterocycles. The van der Waals surface area contributed by atoms with Crippen molar-refractivity contribution in [1.82, 2.24) is 10.6 Å².